The molecule has 0 unspecified atom stereocenters. The number of aromatic nitrogens is 3. The summed E-state index contributed by atoms with van der Waals surface area (Å²) in [6, 6.07) is 8.48. The first-order chi connectivity index (χ1) is 11.1. The van der Waals surface area contributed by atoms with Crippen molar-refractivity contribution in [2.24, 2.45) is 0 Å². The molecule has 0 aliphatic heterocycles. The first-order valence-corrected chi connectivity index (χ1v) is 7.15. The molecule has 116 valence electrons. The van der Waals surface area contributed by atoms with E-state index in [2.05, 4.69) is 10.1 Å². The molecule has 0 saturated heterocycles. The van der Waals surface area contributed by atoms with Gasteiger partial charge >= 0.3 is 18.9 Å². The van der Waals surface area contributed by atoms with Gasteiger partial charge < -0.3 is 14.6 Å². The van der Waals surface area contributed by atoms with E-state index in [9.17, 15) is 14.3 Å². The number of hydrogen-bond donors (Lipinski definition) is 0. The Morgan fingerprint density at radius 1 is 1.33 bits per heavy atom. The second-order valence-electron chi connectivity index (χ2n) is 5.44. The van der Waals surface area contributed by atoms with Crippen LogP contribution in [0.2, 0.25) is 0 Å². The Bertz CT molecular complexity index is 924. The summed E-state index contributed by atoms with van der Waals surface area (Å²) in [4.78, 5) is 15.4. The molecule has 6 nitrogen and oxygen atoms in total. The van der Waals surface area contributed by atoms with E-state index in [1.54, 1.807) is 6.07 Å². The fraction of sp³-hybridized carbons (Fsp3) is 0.188. The van der Waals surface area contributed by atoms with Crippen molar-refractivity contribution in [1.82, 2.24) is 14.6 Å². The minimum atomic E-state index is -1.52. The van der Waals surface area contributed by atoms with E-state index in [4.69, 9.17) is 4.74 Å². The van der Waals surface area contributed by atoms with Gasteiger partial charge in [-0.1, -0.05) is 12.1 Å². The van der Waals surface area contributed by atoms with Gasteiger partial charge in [-0.05, 0) is 36.5 Å². The molecule has 1 aliphatic carbocycles. The van der Waals surface area contributed by atoms with Crippen molar-refractivity contribution in [3.05, 3.63) is 53.7 Å². The predicted octanol–water partition coefficient (Wildman–Crippen LogP) is -1.09. The fourth-order valence-corrected chi connectivity index (χ4v) is 2.53. The maximum Gasteiger partial charge on any atom is 1.00 e. The number of carboxylic acids is 1. The zero-order valence-corrected chi connectivity index (χ0v) is 12.9. The van der Waals surface area contributed by atoms with E-state index in [0.29, 0.717) is 11.7 Å². The van der Waals surface area contributed by atoms with Crippen LogP contribution in [0, 0.1) is 5.95 Å². The third-order valence-electron chi connectivity index (χ3n) is 3.75. The molecule has 24 heavy (non-hydrogen) atoms. The van der Waals surface area contributed by atoms with Gasteiger partial charge in [-0.2, -0.15) is 4.39 Å². The molecule has 0 atom stereocenters. The van der Waals surface area contributed by atoms with Gasteiger partial charge in [0.25, 0.3) is 0 Å². The van der Waals surface area contributed by atoms with Crippen molar-refractivity contribution in [3.63, 3.8) is 0 Å². The number of nitrogens with zero attached hydrogens (tertiary/aromatic N) is 3. The van der Waals surface area contributed by atoms with E-state index in [1.807, 2.05) is 18.2 Å². The summed E-state index contributed by atoms with van der Waals surface area (Å²) in [5.41, 5.74) is 0.841. The normalized spacial score (nSPS) is 13.5. The second kappa shape index (κ2) is 6.27. The minimum absolute atomic E-state index is 0. The summed E-state index contributed by atoms with van der Waals surface area (Å²) in [5, 5.41) is 14.9. The molecule has 0 radical (unpaired) electrons. The van der Waals surface area contributed by atoms with Gasteiger partial charge in [-0.25, -0.2) is 9.50 Å². The number of carbonyl (C=O) groups is 1. The third kappa shape index (κ3) is 3.01. The second-order valence-corrected chi connectivity index (χ2v) is 5.44. The maximum atomic E-state index is 13.2. The number of rotatable bonds is 4. The van der Waals surface area contributed by atoms with Crippen LogP contribution in [0.5, 0.6) is 11.5 Å². The summed E-state index contributed by atoms with van der Waals surface area (Å²) in [6.07, 6.45) is 3.52. The zero-order valence-electron chi connectivity index (χ0n) is 12.9. The number of halogens is 1. The van der Waals surface area contributed by atoms with E-state index < -0.39 is 11.9 Å². The van der Waals surface area contributed by atoms with Gasteiger partial charge in [0.2, 0.25) is 5.95 Å². The van der Waals surface area contributed by atoms with Crippen LogP contribution in [0.15, 0.2) is 36.5 Å². The predicted molar refractivity (Wildman–Crippen MR) is 75.8 cm³/mol. The Morgan fingerprint density at radius 2 is 2.12 bits per heavy atom. The SMILES string of the molecule is O=C([O-])c1c(Oc2cccc(C3CC3)c2)cnc2cc(F)nn12.[Li+]. The number of carbonyl (C=O) groups excluding carboxylic acids is 1. The van der Waals surface area contributed by atoms with E-state index in [-0.39, 0.29) is 36.0 Å². The maximum absolute atomic E-state index is 13.2. The van der Waals surface area contributed by atoms with Crippen molar-refractivity contribution in [1.29, 1.82) is 0 Å². The summed E-state index contributed by atoms with van der Waals surface area (Å²) in [5.74, 6) is -1.36. The first-order valence-electron chi connectivity index (χ1n) is 7.15. The molecule has 1 aliphatic rings. The fourth-order valence-electron chi connectivity index (χ4n) is 2.53. The van der Waals surface area contributed by atoms with Crippen molar-refractivity contribution in [3.8, 4) is 11.5 Å². The van der Waals surface area contributed by atoms with Gasteiger partial charge in [0.15, 0.2) is 11.4 Å². The zero-order chi connectivity index (χ0) is 16.0. The van der Waals surface area contributed by atoms with Crippen molar-refractivity contribution in [2.75, 3.05) is 0 Å². The molecule has 8 heteroatoms. The number of hydrogen-bond acceptors (Lipinski definition) is 5. The Labute approximate surface area is 148 Å². The third-order valence-corrected chi connectivity index (χ3v) is 3.75. The molecule has 4 rings (SSSR count). The van der Waals surface area contributed by atoms with Gasteiger partial charge in [-0.3, -0.25) is 0 Å². The van der Waals surface area contributed by atoms with Crippen molar-refractivity contribution < 1.29 is 37.9 Å². The van der Waals surface area contributed by atoms with Gasteiger partial charge in [0.05, 0.1) is 12.2 Å². The molecule has 1 aromatic carbocycles. The molecular formula is C16H11FLiN3O3. The summed E-state index contributed by atoms with van der Waals surface area (Å²) >= 11 is 0. The Hall–Kier alpha value is -2.36. The van der Waals surface area contributed by atoms with Crippen molar-refractivity contribution >= 4 is 11.6 Å². The molecule has 1 fully saturated rings. The van der Waals surface area contributed by atoms with Crippen LogP contribution in [0.3, 0.4) is 0 Å². The van der Waals surface area contributed by atoms with Crippen molar-refractivity contribution in [2.45, 2.75) is 18.8 Å². The average molecular weight is 319 g/mol. The van der Waals surface area contributed by atoms with Gasteiger partial charge in [-0.15, -0.1) is 5.10 Å². The number of aromatic carboxylic acids is 1. The molecular weight excluding hydrogens is 308 g/mol. The van der Waals surface area contributed by atoms with Crippen LogP contribution in [-0.4, -0.2) is 20.6 Å². The molecule has 1 saturated carbocycles. The minimum Gasteiger partial charge on any atom is -0.543 e. The Kier molecular flexibility index (Phi) is 4.31. The smallest absolute Gasteiger partial charge is 0.543 e. The molecule has 0 amide bonds. The average Bonchev–Trinajstić information content (AvgIpc) is 3.29. The van der Waals surface area contributed by atoms with Crippen LogP contribution in [-0.2, 0) is 0 Å². The molecule has 0 spiro atoms. The number of benzene rings is 1. The summed E-state index contributed by atoms with van der Waals surface area (Å²) in [7, 11) is 0. The Morgan fingerprint density at radius 3 is 2.83 bits per heavy atom. The number of carboxylic acid groups (broad SMARTS) is 1. The standard InChI is InChI=1S/C16H12FN3O3.Li/c17-13-7-14-18-8-12(15(16(21)22)20(14)19-13)23-11-3-1-2-10(6-11)9-4-5-9;/h1-3,6-9H,4-5H2,(H,21,22);/q;+1/p-1. The number of fused-ring (bicyclic) bond motifs is 1. The quantitative estimate of drug-likeness (QED) is 0.571. The molecule has 0 bridgehead atoms. The molecule has 3 aromatic rings. The van der Waals surface area contributed by atoms with Gasteiger partial charge in [0.1, 0.15) is 11.4 Å². The van der Waals surface area contributed by atoms with Crippen LogP contribution in [0.4, 0.5) is 4.39 Å². The number of ether oxygens (including phenoxy) is 1. The van der Waals surface area contributed by atoms with E-state index in [1.165, 1.54) is 6.20 Å². The van der Waals surface area contributed by atoms with Crippen LogP contribution in [0.1, 0.15) is 34.8 Å². The largest absolute Gasteiger partial charge is 1.00 e. The van der Waals surface area contributed by atoms with E-state index in [0.717, 1.165) is 29.0 Å². The van der Waals surface area contributed by atoms with Crippen LogP contribution >= 0.6 is 0 Å². The van der Waals surface area contributed by atoms with E-state index >= 15 is 0 Å². The Balaban J connectivity index is 0.00000169. The van der Waals surface area contributed by atoms with Gasteiger partial charge in [0, 0.05) is 6.07 Å². The molecule has 2 aromatic heterocycles. The topological polar surface area (TPSA) is 79.5 Å². The van der Waals surface area contributed by atoms with Crippen LogP contribution < -0.4 is 28.7 Å². The summed E-state index contributed by atoms with van der Waals surface area (Å²) in [6.45, 7) is 0. The summed E-state index contributed by atoms with van der Waals surface area (Å²) < 4.78 is 19.8. The van der Waals surface area contributed by atoms with Crippen LogP contribution in [0.25, 0.3) is 5.65 Å². The first kappa shape index (κ1) is 16.5. The molecule has 0 N–H and O–H groups in total. The molecule has 2 heterocycles. The monoisotopic (exact) mass is 319 g/mol.